The second-order valence-corrected chi connectivity index (χ2v) is 5.75. The average Bonchev–Trinajstić information content (AvgIpc) is 2.35. The van der Waals surface area contributed by atoms with Gasteiger partial charge in [-0.25, -0.2) is 4.79 Å². The van der Waals surface area contributed by atoms with Crippen LogP contribution < -0.4 is 5.32 Å². The molecular weight excluding hydrogens is 274 g/mol. The van der Waals surface area contributed by atoms with Crippen molar-refractivity contribution < 1.29 is 24.6 Å². The summed E-state index contributed by atoms with van der Waals surface area (Å²) in [5.41, 5.74) is 0. The van der Waals surface area contributed by atoms with Gasteiger partial charge in [0.15, 0.2) is 0 Å². The number of rotatable bonds is 12. The molecule has 0 aromatic carbocycles. The van der Waals surface area contributed by atoms with Gasteiger partial charge in [0.05, 0.1) is 0 Å². The van der Waals surface area contributed by atoms with Gasteiger partial charge in [0.2, 0.25) is 5.91 Å². The first kappa shape index (κ1) is 19.4. The lowest BCUT2D eigenvalue weighted by Crippen LogP contribution is -2.41. The van der Waals surface area contributed by atoms with E-state index in [9.17, 15) is 14.4 Å². The van der Waals surface area contributed by atoms with Crippen molar-refractivity contribution in [2.24, 2.45) is 5.92 Å². The van der Waals surface area contributed by atoms with Gasteiger partial charge >= 0.3 is 11.9 Å². The monoisotopic (exact) mass is 301 g/mol. The van der Waals surface area contributed by atoms with Gasteiger partial charge in [-0.15, -0.1) is 0 Å². The van der Waals surface area contributed by atoms with Crippen molar-refractivity contribution in [3.63, 3.8) is 0 Å². The van der Waals surface area contributed by atoms with E-state index < -0.39 is 18.0 Å². The minimum absolute atomic E-state index is 0.190. The van der Waals surface area contributed by atoms with Crippen LogP contribution in [0.5, 0.6) is 0 Å². The van der Waals surface area contributed by atoms with Crippen molar-refractivity contribution in [3.05, 3.63) is 0 Å². The van der Waals surface area contributed by atoms with E-state index in [-0.39, 0.29) is 18.2 Å². The van der Waals surface area contributed by atoms with E-state index in [0.717, 1.165) is 19.3 Å². The van der Waals surface area contributed by atoms with E-state index in [1.165, 1.54) is 0 Å². The van der Waals surface area contributed by atoms with E-state index in [2.05, 4.69) is 5.32 Å². The Kier molecular flexibility index (Phi) is 10.3. The molecule has 21 heavy (non-hydrogen) atoms. The Hall–Kier alpha value is -1.59. The molecule has 122 valence electrons. The van der Waals surface area contributed by atoms with E-state index >= 15 is 0 Å². The highest BCUT2D eigenvalue weighted by atomic mass is 16.4. The van der Waals surface area contributed by atoms with Crippen molar-refractivity contribution in [2.75, 3.05) is 0 Å². The standard InChI is InChI=1S/C15H27NO5/c1-11(2)10-12(15(20)21)16-13(17)8-6-4-3-5-7-9-14(18)19/h11-12H,3-10H2,1-2H3,(H,16,17)(H,18,19)(H,20,21)/t12-/m0/s1. The molecule has 0 unspecified atom stereocenters. The second kappa shape index (κ2) is 11.1. The summed E-state index contributed by atoms with van der Waals surface area (Å²) in [6.45, 7) is 3.83. The van der Waals surface area contributed by atoms with Gasteiger partial charge in [-0.1, -0.05) is 33.1 Å². The molecule has 1 atom stereocenters. The molecule has 0 rings (SSSR count). The van der Waals surface area contributed by atoms with Crippen molar-refractivity contribution in [1.29, 1.82) is 0 Å². The van der Waals surface area contributed by atoms with Gasteiger partial charge in [-0.2, -0.15) is 0 Å². The van der Waals surface area contributed by atoms with Crippen LogP contribution in [0, 0.1) is 5.92 Å². The quantitative estimate of drug-likeness (QED) is 0.480. The van der Waals surface area contributed by atoms with Crippen molar-refractivity contribution in [1.82, 2.24) is 5.32 Å². The highest BCUT2D eigenvalue weighted by Gasteiger charge is 2.20. The van der Waals surface area contributed by atoms with Crippen LogP contribution in [0.4, 0.5) is 0 Å². The predicted octanol–water partition coefficient (Wildman–Crippen LogP) is 2.42. The van der Waals surface area contributed by atoms with Crippen molar-refractivity contribution in [2.45, 2.75) is 71.3 Å². The smallest absolute Gasteiger partial charge is 0.326 e. The lowest BCUT2D eigenvalue weighted by Gasteiger charge is -2.16. The summed E-state index contributed by atoms with van der Waals surface area (Å²) in [6, 6.07) is -0.812. The minimum atomic E-state index is -0.995. The lowest BCUT2D eigenvalue weighted by atomic mass is 10.0. The number of hydrogen-bond donors (Lipinski definition) is 3. The molecule has 0 saturated carbocycles. The largest absolute Gasteiger partial charge is 0.481 e. The zero-order valence-corrected chi connectivity index (χ0v) is 12.9. The Labute approximate surface area is 125 Å². The number of carbonyl (C=O) groups is 3. The number of amides is 1. The highest BCUT2D eigenvalue weighted by molar-refractivity contribution is 5.83. The zero-order chi connectivity index (χ0) is 16.3. The summed E-state index contributed by atoms with van der Waals surface area (Å²) < 4.78 is 0. The average molecular weight is 301 g/mol. The third-order valence-corrected chi connectivity index (χ3v) is 3.13. The number of unbranched alkanes of at least 4 members (excludes halogenated alkanes) is 4. The minimum Gasteiger partial charge on any atom is -0.481 e. The summed E-state index contributed by atoms with van der Waals surface area (Å²) >= 11 is 0. The summed E-state index contributed by atoms with van der Waals surface area (Å²) in [7, 11) is 0. The summed E-state index contributed by atoms with van der Waals surface area (Å²) in [5, 5.41) is 20.0. The number of carboxylic acid groups (broad SMARTS) is 2. The highest BCUT2D eigenvalue weighted by Crippen LogP contribution is 2.09. The molecule has 0 bridgehead atoms. The van der Waals surface area contributed by atoms with Crippen LogP contribution in [0.25, 0.3) is 0 Å². The Morgan fingerprint density at radius 3 is 1.90 bits per heavy atom. The zero-order valence-electron chi connectivity index (χ0n) is 12.9. The normalized spacial score (nSPS) is 12.1. The number of hydrogen-bond acceptors (Lipinski definition) is 3. The maximum atomic E-state index is 11.7. The van der Waals surface area contributed by atoms with Crippen molar-refractivity contribution in [3.8, 4) is 0 Å². The van der Waals surface area contributed by atoms with Crippen LogP contribution >= 0.6 is 0 Å². The first-order valence-corrected chi connectivity index (χ1v) is 7.57. The first-order valence-electron chi connectivity index (χ1n) is 7.57. The maximum Gasteiger partial charge on any atom is 0.326 e. The molecule has 0 aliphatic rings. The summed E-state index contributed by atoms with van der Waals surface area (Å²) in [6.07, 6.45) is 4.90. The third-order valence-electron chi connectivity index (χ3n) is 3.13. The number of nitrogens with one attached hydrogen (secondary N) is 1. The van der Waals surface area contributed by atoms with Crippen LogP contribution in [-0.2, 0) is 14.4 Å². The third kappa shape index (κ3) is 11.9. The fourth-order valence-corrected chi connectivity index (χ4v) is 2.05. The Morgan fingerprint density at radius 1 is 0.905 bits per heavy atom. The SMILES string of the molecule is CC(C)C[C@H](NC(=O)CCCCCCCC(=O)O)C(=O)O. The molecule has 0 radical (unpaired) electrons. The van der Waals surface area contributed by atoms with Gasteiger partial charge in [0.25, 0.3) is 0 Å². The molecule has 0 aromatic heterocycles. The van der Waals surface area contributed by atoms with Gasteiger partial charge in [0, 0.05) is 12.8 Å². The molecule has 0 aliphatic heterocycles. The fraction of sp³-hybridized carbons (Fsp3) is 0.800. The molecule has 3 N–H and O–H groups in total. The predicted molar refractivity (Wildman–Crippen MR) is 79.0 cm³/mol. The maximum absolute atomic E-state index is 11.7. The number of aliphatic carboxylic acids is 2. The molecule has 0 saturated heterocycles. The Balaban J connectivity index is 3.73. The molecule has 6 nitrogen and oxygen atoms in total. The van der Waals surface area contributed by atoms with Gasteiger partial charge in [0.1, 0.15) is 6.04 Å². The summed E-state index contributed by atoms with van der Waals surface area (Å²) in [5.74, 6) is -1.79. The van der Waals surface area contributed by atoms with E-state index in [1.54, 1.807) is 0 Å². The first-order chi connectivity index (χ1) is 9.82. The van der Waals surface area contributed by atoms with Crippen LogP contribution in [-0.4, -0.2) is 34.1 Å². The van der Waals surface area contributed by atoms with Crippen LogP contribution in [0.15, 0.2) is 0 Å². The van der Waals surface area contributed by atoms with E-state index in [4.69, 9.17) is 10.2 Å². The molecule has 0 fully saturated rings. The molecule has 0 aliphatic carbocycles. The fourth-order valence-electron chi connectivity index (χ4n) is 2.05. The van der Waals surface area contributed by atoms with Gasteiger partial charge in [-0.3, -0.25) is 9.59 Å². The molecule has 0 heterocycles. The van der Waals surface area contributed by atoms with Gasteiger partial charge < -0.3 is 15.5 Å². The lowest BCUT2D eigenvalue weighted by molar-refractivity contribution is -0.142. The van der Waals surface area contributed by atoms with Crippen LogP contribution in [0.1, 0.15) is 65.2 Å². The molecule has 1 amide bonds. The number of carbonyl (C=O) groups excluding carboxylic acids is 1. The molecule has 0 aromatic rings. The second-order valence-electron chi connectivity index (χ2n) is 5.75. The van der Waals surface area contributed by atoms with Crippen LogP contribution in [0.3, 0.4) is 0 Å². The van der Waals surface area contributed by atoms with Gasteiger partial charge in [-0.05, 0) is 25.2 Å². The van der Waals surface area contributed by atoms with E-state index in [1.807, 2.05) is 13.8 Å². The Bertz CT molecular complexity index is 341. The molecular formula is C15H27NO5. The van der Waals surface area contributed by atoms with E-state index in [0.29, 0.717) is 25.7 Å². The topological polar surface area (TPSA) is 104 Å². The Morgan fingerprint density at radius 2 is 1.43 bits per heavy atom. The molecule has 0 spiro atoms. The van der Waals surface area contributed by atoms with Crippen LogP contribution in [0.2, 0.25) is 0 Å². The number of carboxylic acids is 2. The summed E-state index contributed by atoms with van der Waals surface area (Å²) in [4.78, 5) is 33.0. The molecule has 6 heteroatoms. The van der Waals surface area contributed by atoms with Crippen molar-refractivity contribution >= 4 is 17.8 Å².